The van der Waals surface area contributed by atoms with Gasteiger partial charge in [0.05, 0.1) is 5.02 Å². The number of carboxylic acid groups (broad SMARTS) is 1. The highest BCUT2D eigenvalue weighted by molar-refractivity contribution is 6.30. The van der Waals surface area contributed by atoms with Gasteiger partial charge in [0.2, 0.25) is 5.91 Å². The van der Waals surface area contributed by atoms with Crippen molar-refractivity contribution in [1.29, 1.82) is 0 Å². The smallest absolute Gasteiger partial charge is 0.408 e. The highest BCUT2D eigenvalue weighted by atomic mass is 35.5. The van der Waals surface area contributed by atoms with Crippen LogP contribution in [0.25, 0.3) is 0 Å². The van der Waals surface area contributed by atoms with E-state index < -0.39 is 54.4 Å². The summed E-state index contributed by atoms with van der Waals surface area (Å²) in [4.78, 5) is 37.5. The van der Waals surface area contributed by atoms with Crippen LogP contribution in [0, 0.1) is 5.82 Å². The van der Waals surface area contributed by atoms with Crippen LogP contribution in [-0.4, -0.2) is 68.9 Å². The lowest BCUT2D eigenvalue weighted by molar-refractivity contribution is -0.125. The van der Waals surface area contributed by atoms with E-state index in [2.05, 4.69) is 15.7 Å². The molecule has 10 nitrogen and oxygen atoms in total. The van der Waals surface area contributed by atoms with Crippen molar-refractivity contribution in [2.45, 2.75) is 43.3 Å². The third kappa shape index (κ3) is 5.78. The zero-order valence-corrected chi connectivity index (χ0v) is 18.8. The quantitative estimate of drug-likeness (QED) is 0.520. The molecule has 3 N–H and O–H groups in total. The van der Waals surface area contributed by atoms with Gasteiger partial charge in [0.25, 0.3) is 11.8 Å². The van der Waals surface area contributed by atoms with Crippen molar-refractivity contribution in [3.05, 3.63) is 41.3 Å². The second-order valence-electron chi connectivity index (χ2n) is 8.31. The van der Waals surface area contributed by atoms with E-state index in [9.17, 15) is 32.7 Å². The SMILES string of the molecule is O=C(COc1ccc(Cl)c(F)c1)N[C@H]1CC[C@H](C(=O)Nc2ccn(C3CC3(F)F)n2)N(C(=O)O)C1. The van der Waals surface area contributed by atoms with Crippen molar-refractivity contribution in [3.8, 4) is 5.75 Å². The van der Waals surface area contributed by atoms with E-state index in [1.807, 2.05) is 0 Å². The summed E-state index contributed by atoms with van der Waals surface area (Å²) in [5.41, 5.74) is 0. The molecule has 35 heavy (non-hydrogen) atoms. The van der Waals surface area contributed by atoms with Gasteiger partial charge >= 0.3 is 6.09 Å². The molecule has 1 aromatic carbocycles. The monoisotopic (exact) mass is 515 g/mol. The van der Waals surface area contributed by atoms with Crippen molar-refractivity contribution >= 4 is 35.3 Å². The van der Waals surface area contributed by atoms with Crippen molar-refractivity contribution in [3.63, 3.8) is 0 Å². The number of alkyl halides is 2. The lowest BCUT2D eigenvalue weighted by Gasteiger charge is -2.37. The van der Waals surface area contributed by atoms with E-state index in [1.165, 1.54) is 24.4 Å². The van der Waals surface area contributed by atoms with Crippen LogP contribution in [-0.2, 0) is 9.59 Å². The lowest BCUT2D eigenvalue weighted by Crippen LogP contribution is -2.57. The summed E-state index contributed by atoms with van der Waals surface area (Å²) in [6.07, 6.45) is 0.0368. The number of amides is 3. The van der Waals surface area contributed by atoms with Gasteiger partial charge in [-0.15, -0.1) is 0 Å². The average Bonchev–Trinajstić information content (AvgIpc) is 3.20. The molecule has 0 bridgehead atoms. The van der Waals surface area contributed by atoms with E-state index >= 15 is 0 Å². The first-order valence-corrected chi connectivity index (χ1v) is 11.0. The molecule has 2 heterocycles. The minimum atomic E-state index is -2.83. The number of ether oxygens (including phenoxy) is 1. The number of anilines is 1. The topological polar surface area (TPSA) is 126 Å². The first-order chi connectivity index (χ1) is 16.5. The molecule has 0 spiro atoms. The van der Waals surface area contributed by atoms with Crippen molar-refractivity contribution in [2.24, 2.45) is 0 Å². The molecule has 188 valence electrons. The first-order valence-electron chi connectivity index (χ1n) is 10.6. The zero-order valence-electron chi connectivity index (χ0n) is 18.1. The highest BCUT2D eigenvalue weighted by Gasteiger charge is 2.59. The molecule has 1 unspecified atom stereocenters. The molecular formula is C21H21ClF3N5O5. The molecule has 1 aliphatic carbocycles. The van der Waals surface area contributed by atoms with Crippen LogP contribution in [0.4, 0.5) is 23.8 Å². The zero-order chi connectivity index (χ0) is 25.3. The van der Waals surface area contributed by atoms with E-state index in [1.54, 1.807) is 0 Å². The predicted octanol–water partition coefficient (Wildman–Crippen LogP) is 2.90. The molecule has 1 saturated heterocycles. The van der Waals surface area contributed by atoms with Gasteiger partial charge in [0.1, 0.15) is 23.7 Å². The molecule has 14 heteroatoms. The Kier molecular flexibility index (Phi) is 6.79. The maximum absolute atomic E-state index is 13.5. The van der Waals surface area contributed by atoms with E-state index in [-0.39, 0.29) is 36.0 Å². The van der Waals surface area contributed by atoms with E-state index in [0.29, 0.717) is 6.42 Å². The van der Waals surface area contributed by atoms with Crippen molar-refractivity contribution < 1.29 is 37.4 Å². The van der Waals surface area contributed by atoms with Gasteiger partial charge in [-0.2, -0.15) is 5.10 Å². The van der Waals surface area contributed by atoms with Gasteiger partial charge in [0.15, 0.2) is 12.4 Å². The number of benzene rings is 1. The predicted molar refractivity (Wildman–Crippen MR) is 116 cm³/mol. The van der Waals surface area contributed by atoms with E-state index in [0.717, 1.165) is 15.6 Å². The largest absolute Gasteiger partial charge is 0.484 e. The van der Waals surface area contributed by atoms with Crippen LogP contribution in [0.2, 0.25) is 5.02 Å². The van der Waals surface area contributed by atoms with Crippen LogP contribution in [0.1, 0.15) is 25.3 Å². The Hall–Kier alpha value is -3.48. The molecule has 3 atom stereocenters. The number of halogens is 4. The number of carbonyl (C=O) groups is 3. The number of carbonyl (C=O) groups excluding carboxylic acids is 2. The summed E-state index contributed by atoms with van der Waals surface area (Å²) in [6, 6.07) is 2.39. The van der Waals surface area contributed by atoms with Crippen LogP contribution in [0.5, 0.6) is 5.75 Å². The summed E-state index contributed by atoms with van der Waals surface area (Å²) >= 11 is 5.59. The number of likely N-dealkylation sites (tertiary alicyclic amines) is 1. The Morgan fingerprint density at radius 1 is 1.26 bits per heavy atom. The fourth-order valence-corrected chi connectivity index (χ4v) is 3.95. The molecule has 0 radical (unpaired) electrons. The normalized spacial score (nSPS) is 22.9. The van der Waals surface area contributed by atoms with Crippen LogP contribution >= 0.6 is 11.6 Å². The number of aromatic nitrogens is 2. The lowest BCUT2D eigenvalue weighted by atomic mass is 9.98. The standard InChI is InChI=1S/C21H21ClF3N5O5/c22-13-3-2-12(7-14(13)23)35-10-18(31)26-11-1-4-15(29(9-11)20(33)34)19(32)27-17-5-6-30(28-17)16-8-21(16,24)25/h2-3,5-7,11,15-16H,1,4,8-10H2,(H,26,31)(H,33,34)(H,27,28,32)/t11-,15+,16?/m0/s1. The van der Waals surface area contributed by atoms with Crippen molar-refractivity contribution in [2.75, 3.05) is 18.5 Å². The van der Waals surface area contributed by atoms with Crippen LogP contribution in [0.3, 0.4) is 0 Å². The summed E-state index contributed by atoms with van der Waals surface area (Å²) in [5.74, 6) is -4.60. The number of piperidine rings is 1. The van der Waals surface area contributed by atoms with Crippen LogP contribution in [0.15, 0.2) is 30.5 Å². The Balaban J connectivity index is 1.29. The second-order valence-corrected chi connectivity index (χ2v) is 8.72. The fraction of sp³-hybridized carbons (Fsp3) is 0.429. The minimum absolute atomic E-state index is 0.0363. The molecule has 2 aromatic rings. The number of hydrogen-bond acceptors (Lipinski definition) is 5. The number of nitrogens with one attached hydrogen (secondary N) is 2. The van der Waals surface area contributed by atoms with Gasteiger partial charge in [-0.1, -0.05) is 11.6 Å². The molecule has 4 rings (SSSR count). The minimum Gasteiger partial charge on any atom is -0.484 e. The summed E-state index contributed by atoms with van der Waals surface area (Å²) in [6.45, 7) is -0.589. The van der Waals surface area contributed by atoms with Gasteiger partial charge < -0.3 is 20.5 Å². The second kappa shape index (κ2) is 9.64. The fourth-order valence-electron chi connectivity index (χ4n) is 3.83. The van der Waals surface area contributed by atoms with E-state index in [4.69, 9.17) is 16.3 Å². The molecular weight excluding hydrogens is 495 g/mol. The summed E-state index contributed by atoms with van der Waals surface area (Å²) < 4.78 is 46.1. The molecule has 1 aliphatic heterocycles. The third-order valence-corrected chi connectivity index (χ3v) is 6.03. The average molecular weight is 516 g/mol. The summed E-state index contributed by atoms with van der Waals surface area (Å²) in [7, 11) is 0. The highest BCUT2D eigenvalue weighted by Crippen LogP contribution is 2.52. The number of rotatable bonds is 7. The third-order valence-electron chi connectivity index (χ3n) is 5.73. The Labute approximate surface area is 202 Å². The van der Waals surface area contributed by atoms with Gasteiger partial charge in [-0.25, -0.2) is 18.0 Å². The first kappa shape index (κ1) is 24.6. The maximum Gasteiger partial charge on any atom is 0.408 e. The molecule has 1 saturated carbocycles. The summed E-state index contributed by atoms with van der Waals surface area (Å²) in [5, 5.41) is 18.5. The Morgan fingerprint density at radius 3 is 2.66 bits per heavy atom. The van der Waals surface area contributed by atoms with Crippen LogP contribution < -0.4 is 15.4 Å². The maximum atomic E-state index is 13.5. The number of hydrogen-bond donors (Lipinski definition) is 3. The molecule has 2 aliphatic rings. The Morgan fingerprint density at radius 2 is 2.00 bits per heavy atom. The number of nitrogens with zero attached hydrogens (tertiary/aromatic N) is 3. The van der Waals surface area contributed by atoms with Gasteiger partial charge in [-0.3, -0.25) is 19.2 Å². The van der Waals surface area contributed by atoms with Crippen molar-refractivity contribution in [1.82, 2.24) is 20.0 Å². The van der Waals surface area contributed by atoms with Gasteiger partial charge in [0, 0.05) is 37.3 Å². The van der Waals surface area contributed by atoms with Gasteiger partial charge in [-0.05, 0) is 25.0 Å². The Bertz CT molecular complexity index is 1150. The molecule has 3 amide bonds. The molecule has 2 fully saturated rings. The molecule has 1 aromatic heterocycles.